The van der Waals surface area contributed by atoms with Gasteiger partial charge in [-0.05, 0) is 41.7 Å². The zero-order valence-electron chi connectivity index (χ0n) is 22.4. The van der Waals surface area contributed by atoms with Crippen molar-refractivity contribution in [3.8, 4) is 11.1 Å². The van der Waals surface area contributed by atoms with Crippen LogP contribution in [0.1, 0.15) is 50.3 Å². The number of nitrogens with one attached hydrogen (secondary N) is 2. The van der Waals surface area contributed by atoms with Gasteiger partial charge in [-0.1, -0.05) is 92.7 Å². The second kappa shape index (κ2) is 10.7. The molecular formula is C31H34N2O5. The van der Waals surface area contributed by atoms with Crippen LogP contribution in [-0.4, -0.2) is 43.3 Å². The zero-order chi connectivity index (χ0) is 27.5. The number of alkyl carbamates (subject to hydrolysis) is 1. The Kier molecular flexibility index (Phi) is 7.58. The summed E-state index contributed by atoms with van der Waals surface area (Å²) in [4.78, 5) is 39.0. The SMILES string of the molecule is COC(=O)[C@H](C)NC(=O)C(C)(NC(=O)OCC1c2ccccc2-c2ccccc21)C(C)(C)c1ccccc1. The number of hydrogen-bond acceptors (Lipinski definition) is 5. The summed E-state index contributed by atoms with van der Waals surface area (Å²) in [6.07, 6.45) is -0.723. The van der Waals surface area contributed by atoms with Crippen molar-refractivity contribution in [1.82, 2.24) is 10.6 Å². The van der Waals surface area contributed by atoms with Gasteiger partial charge in [-0.25, -0.2) is 9.59 Å². The molecule has 2 N–H and O–H groups in total. The maximum Gasteiger partial charge on any atom is 0.408 e. The van der Waals surface area contributed by atoms with E-state index in [1.54, 1.807) is 6.92 Å². The Hall–Kier alpha value is -4.13. The van der Waals surface area contributed by atoms with E-state index in [0.29, 0.717) is 0 Å². The zero-order valence-corrected chi connectivity index (χ0v) is 22.4. The Morgan fingerprint density at radius 3 is 1.92 bits per heavy atom. The molecular weight excluding hydrogens is 480 g/mol. The fourth-order valence-electron chi connectivity index (χ4n) is 5.06. The van der Waals surface area contributed by atoms with Crippen molar-refractivity contribution in [2.75, 3.05) is 13.7 Å². The Morgan fingerprint density at radius 2 is 1.37 bits per heavy atom. The van der Waals surface area contributed by atoms with Crippen LogP contribution in [0.15, 0.2) is 78.9 Å². The van der Waals surface area contributed by atoms with Gasteiger partial charge in [-0.3, -0.25) is 4.79 Å². The van der Waals surface area contributed by atoms with Crippen LogP contribution in [0.3, 0.4) is 0 Å². The molecule has 2 atom stereocenters. The third-order valence-electron chi connectivity index (χ3n) is 7.80. The number of benzene rings is 3. The van der Waals surface area contributed by atoms with Gasteiger partial charge in [0.05, 0.1) is 7.11 Å². The molecule has 0 saturated heterocycles. The Balaban J connectivity index is 1.58. The van der Waals surface area contributed by atoms with Crippen LogP contribution in [0.2, 0.25) is 0 Å². The van der Waals surface area contributed by atoms with E-state index in [-0.39, 0.29) is 12.5 Å². The van der Waals surface area contributed by atoms with Gasteiger partial charge in [0, 0.05) is 11.3 Å². The van der Waals surface area contributed by atoms with Gasteiger partial charge >= 0.3 is 12.1 Å². The third kappa shape index (κ3) is 4.88. The number of amides is 2. The number of ether oxygens (including phenoxy) is 2. The summed E-state index contributed by atoms with van der Waals surface area (Å²) in [5, 5.41) is 5.53. The number of fused-ring (bicyclic) bond motifs is 3. The molecule has 0 aromatic heterocycles. The standard InChI is InChI=1S/C31H34N2O5/c1-20(27(34)37-5)32-28(35)31(4,30(2,3)21-13-7-6-8-14-21)33-29(36)38-19-26-24-17-11-9-15-22(24)23-16-10-12-18-25(23)26/h6-18,20,26H,19H2,1-5H3,(H,32,35)(H,33,36)/t20-,31?/m0/s1. The molecule has 198 valence electrons. The van der Waals surface area contributed by atoms with Gasteiger partial charge < -0.3 is 20.1 Å². The first kappa shape index (κ1) is 26.9. The van der Waals surface area contributed by atoms with Crippen molar-refractivity contribution in [3.05, 3.63) is 95.6 Å². The summed E-state index contributed by atoms with van der Waals surface area (Å²) in [6, 6.07) is 24.7. The maximum absolute atomic E-state index is 13.6. The fourth-order valence-corrected chi connectivity index (χ4v) is 5.06. The molecule has 1 unspecified atom stereocenters. The monoisotopic (exact) mass is 514 g/mol. The third-order valence-corrected chi connectivity index (χ3v) is 7.80. The average Bonchev–Trinajstić information content (AvgIpc) is 3.25. The average molecular weight is 515 g/mol. The summed E-state index contributed by atoms with van der Waals surface area (Å²) >= 11 is 0. The highest BCUT2D eigenvalue weighted by atomic mass is 16.5. The van der Waals surface area contributed by atoms with Crippen LogP contribution < -0.4 is 10.6 Å². The number of hydrogen-bond donors (Lipinski definition) is 2. The number of carbonyl (C=O) groups is 3. The van der Waals surface area contributed by atoms with Crippen LogP contribution in [0.4, 0.5) is 4.79 Å². The van der Waals surface area contributed by atoms with Crippen LogP contribution in [-0.2, 0) is 24.5 Å². The molecule has 0 saturated carbocycles. The lowest BCUT2D eigenvalue weighted by Gasteiger charge is -2.43. The minimum Gasteiger partial charge on any atom is -0.467 e. The van der Waals surface area contributed by atoms with E-state index in [9.17, 15) is 14.4 Å². The van der Waals surface area contributed by atoms with Crippen LogP contribution in [0, 0.1) is 0 Å². The number of esters is 1. The molecule has 2 amide bonds. The van der Waals surface area contributed by atoms with E-state index < -0.39 is 35.0 Å². The molecule has 1 aliphatic rings. The highest BCUT2D eigenvalue weighted by molar-refractivity contribution is 5.94. The van der Waals surface area contributed by atoms with E-state index >= 15 is 0 Å². The first-order valence-electron chi connectivity index (χ1n) is 12.7. The molecule has 38 heavy (non-hydrogen) atoms. The summed E-state index contributed by atoms with van der Waals surface area (Å²) in [7, 11) is 1.26. The molecule has 0 spiro atoms. The molecule has 1 aliphatic carbocycles. The molecule has 7 heteroatoms. The molecule has 0 aliphatic heterocycles. The fraction of sp³-hybridized carbons (Fsp3) is 0.323. The molecule has 4 rings (SSSR count). The molecule has 0 heterocycles. The topological polar surface area (TPSA) is 93.7 Å². The van der Waals surface area contributed by atoms with E-state index in [1.807, 2.05) is 80.6 Å². The predicted molar refractivity (Wildman–Crippen MR) is 146 cm³/mol. The second-order valence-electron chi connectivity index (χ2n) is 10.3. The summed E-state index contributed by atoms with van der Waals surface area (Å²) in [6.45, 7) is 7.03. The lowest BCUT2D eigenvalue weighted by Crippen LogP contribution is -2.67. The van der Waals surface area contributed by atoms with Crippen LogP contribution in [0.5, 0.6) is 0 Å². The minimum atomic E-state index is -1.47. The molecule has 0 radical (unpaired) electrons. The Morgan fingerprint density at radius 1 is 0.842 bits per heavy atom. The number of methoxy groups -OCH3 is 1. The van der Waals surface area contributed by atoms with Crippen molar-refractivity contribution < 1.29 is 23.9 Å². The number of rotatable bonds is 8. The van der Waals surface area contributed by atoms with Gasteiger partial charge in [0.2, 0.25) is 5.91 Å². The summed E-state index contributed by atoms with van der Waals surface area (Å²) < 4.78 is 10.5. The van der Waals surface area contributed by atoms with Crippen molar-refractivity contribution in [2.45, 2.75) is 50.6 Å². The van der Waals surface area contributed by atoms with Gasteiger partial charge in [0.15, 0.2) is 0 Å². The maximum atomic E-state index is 13.6. The lowest BCUT2D eigenvalue weighted by molar-refractivity contribution is -0.145. The Labute approximate surface area is 223 Å². The van der Waals surface area contributed by atoms with Crippen molar-refractivity contribution in [1.29, 1.82) is 0 Å². The van der Waals surface area contributed by atoms with E-state index in [0.717, 1.165) is 27.8 Å². The molecule has 7 nitrogen and oxygen atoms in total. The van der Waals surface area contributed by atoms with Crippen molar-refractivity contribution in [2.24, 2.45) is 0 Å². The van der Waals surface area contributed by atoms with Crippen LogP contribution in [0.25, 0.3) is 11.1 Å². The molecule has 3 aromatic carbocycles. The van der Waals surface area contributed by atoms with Crippen molar-refractivity contribution >= 4 is 18.0 Å². The van der Waals surface area contributed by atoms with E-state index in [2.05, 4.69) is 22.8 Å². The highest BCUT2D eigenvalue weighted by Crippen LogP contribution is 2.44. The minimum absolute atomic E-state index is 0.113. The van der Waals surface area contributed by atoms with E-state index in [4.69, 9.17) is 9.47 Å². The summed E-state index contributed by atoms with van der Waals surface area (Å²) in [5.74, 6) is -1.23. The van der Waals surface area contributed by atoms with Gasteiger partial charge in [0.25, 0.3) is 0 Å². The molecule has 3 aromatic rings. The molecule has 0 fully saturated rings. The van der Waals surface area contributed by atoms with Gasteiger partial charge in [-0.15, -0.1) is 0 Å². The number of carbonyl (C=O) groups excluding carboxylic acids is 3. The first-order valence-corrected chi connectivity index (χ1v) is 12.7. The highest BCUT2D eigenvalue weighted by Gasteiger charge is 2.50. The Bertz CT molecular complexity index is 1290. The molecule has 0 bridgehead atoms. The summed E-state index contributed by atoms with van der Waals surface area (Å²) in [5.41, 5.74) is 2.94. The first-order chi connectivity index (χ1) is 18.1. The lowest BCUT2D eigenvalue weighted by atomic mass is 9.68. The van der Waals surface area contributed by atoms with Gasteiger partial charge in [-0.2, -0.15) is 0 Å². The largest absolute Gasteiger partial charge is 0.467 e. The quantitative estimate of drug-likeness (QED) is 0.416. The smallest absolute Gasteiger partial charge is 0.408 e. The predicted octanol–water partition coefficient (Wildman–Crippen LogP) is 4.94. The van der Waals surface area contributed by atoms with Crippen molar-refractivity contribution in [3.63, 3.8) is 0 Å². The normalized spacial score (nSPS) is 14.9. The van der Waals surface area contributed by atoms with Gasteiger partial charge in [0.1, 0.15) is 18.2 Å². The van der Waals surface area contributed by atoms with E-state index in [1.165, 1.54) is 14.0 Å². The second-order valence-corrected chi connectivity index (χ2v) is 10.3. The van der Waals surface area contributed by atoms with Crippen LogP contribution >= 0.6 is 0 Å².